The van der Waals surface area contributed by atoms with Gasteiger partial charge in [0.15, 0.2) is 23.0 Å². The number of aliphatic imine (C=N–C) groups is 1. The normalized spacial score (nSPS) is 16.5. The van der Waals surface area contributed by atoms with Crippen LogP contribution in [-0.4, -0.2) is 74.1 Å². The molecule has 2 aromatic heterocycles. The zero-order valence-electron chi connectivity index (χ0n) is 33.4. The highest BCUT2D eigenvalue weighted by molar-refractivity contribution is 5.97. The van der Waals surface area contributed by atoms with E-state index < -0.39 is 17.4 Å². The largest absolute Gasteiger partial charge is 0.451 e. The average Bonchev–Trinajstić information content (AvgIpc) is 3.92. The summed E-state index contributed by atoms with van der Waals surface area (Å²) < 4.78 is 17.3. The SMILES string of the molecule is CCCN(C(=O)C(/C=N/C(=O)OC)C(C)(C)C)[C@@H](C)c1ncc(-c2ccc3c(c2)Oc2cc(-c4cnc([C@@H]5CCCN5C(=O)CC(C)(C)C)[nH]4)ccc2O3)[nH]1. The van der Waals surface area contributed by atoms with Gasteiger partial charge in [-0.3, -0.25) is 9.59 Å². The Hall–Kier alpha value is -5.46. The van der Waals surface area contributed by atoms with E-state index in [9.17, 15) is 14.4 Å². The molecule has 2 aromatic carbocycles. The Labute approximate surface area is 322 Å². The predicted octanol–water partition coefficient (Wildman–Crippen LogP) is 9.26. The highest BCUT2D eigenvalue weighted by Crippen LogP contribution is 2.48. The topological polar surface area (TPSA) is 155 Å². The number of fused-ring (bicyclic) bond motifs is 2. The van der Waals surface area contributed by atoms with Crippen molar-refractivity contribution in [3.05, 3.63) is 60.4 Å². The molecule has 0 aliphatic carbocycles. The molecule has 2 N–H and O–H groups in total. The van der Waals surface area contributed by atoms with Gasteiger partial charge in [0.1, 0.15) is 11.6 Å². The molecule has 2 aliphatic rings. The van der Waals surface area contributed by atoms with Gasteiger partial charge >= 0.3 is 6.09 Å². The van der Waals surface area contributed by atoms with Crippen LogP contribution in [0.15, 0.2) is 53.8 Å². The lowest BCUT2D eigenvalue weighted by atomic mass is 9.80. The van der Waals surface area contributed by atoms with Crippen molar-refractivity contribution in [3.8, 4) is 45.5 Å². The third kappa shape index (κ3) is 8.76. The smallest absolute Gasteiger partial charge is 0.432 e. The number of H-pyrrole nitrogens is 2. The molecule has 13 nitrogen and oxygen atoms in total. The standard InChI is InChI=1S/C42H53N7O6/c1-10-17-48(39(51)28(42(6,7)8)22-45-40(52)53-9)25(2)37-43-23-29(46-37)26-13-15-32-34(19-26)55-35-20-27(14-16-33(35)54-32)30-24-44-38(47-30)31-12-11-18-49(31)36(50)21-41(3,4)5/h13-16,19-20,22-25,28,31H,10-12,17-18,21H2,1-9H3,(H,43,46)(H,44,47)/b45-22+/t25-,28?,31-/m0/s1. The van der Waals surface area contributed by atoms with Crippen molar-refractivity contribution in [2.24, 2.45) is 21.7 Å². The molecule has 3 atom stereocenters. The number of aromatic nitrogens is 4. The quantitative estimate of drug-likeness (QED) is 0.134. The Bertz CT molecular complexity index is 2070. The van der Waals surface area contributed by atoms with Crippen molar-refractivity contribution >= 4 is 24.1 Å². The number of benzene rings is 2. The number of likely N-dealkylation sites (tertiary alicyclic amines) is 1. The predicted molar refractivity (Wildman–Crippen MR) is 210 cm³/mol. The van der Waals surface area contributed by atoms with Crippen LogP contribution in [0.3, 0.4) is 0 Å². The van der Waals surface area contributed by atoms with Crippen LogP contribution in [0.1, 0.15) is 105 Å². The number of hydrogen-bond acceptors (Lipinski definition) is 8. The van der Waals surface area contributed by atoms with Crippen LogP contribution in [0.4, 0.5) is 4.79 Å². The number of rotatable bonds is 10. The van der Waals surface area contributed by atoms with Crippen LogP contribution in [0.5, 0.6) is 23.0 Å². The van der Waals surface area contributed by atoms with Crippen LogP contribution in [0, 0.1) is 16.7 Å². The first-order chi connectivity index (χ1) is 26.1. The van der Waals surface area contributed by atoms with Gasteiger partial charge in [-0.25, -0.2) is 14.8 Å². The van der Waals surface area contributed by atoms with Gasteiger partial charge in [-0.2, -0.15) is 4.99 Å². The van der Waals surface area contributed by atoms with E-state index in [0.717, 1.165) is 54.1 Å². The number of aromatic amines is 2. The molecule has 13 heteroatoms. The second-order valence-electron chi connectivity index (χ2n) is 16.7. The van der Waals surface area contributed by atoms with E-state index in [2.05, 4.69) is 45.5 Å². The van der Waals surface area contributed by atoms with E-state index in [0.29, 0.717) is 41.8 Å². The molecule has 2 aliphatic heterocycles. The number of methoxy groups -OCH3 is 1. The van der Waals surface area contributed by atoms with Crippen molar-refractivity contribution in [2.75, 3.05) is 20.2 Å². The number of amides is 3. The van der Waals surface area contributed by atoms with E-state index in [1.165, 1.54) is 13.3 Å². The number of nitrogens with one attached hydrogen (secondary N) is 2. The third-order valence-corrected chi connectivity index (χ3v) is 10.0. The molecule has 4 heterocycles. The number of imidazole rings is 2. The molecule has 292 valence electrons. The van der Waals surface area contributed by atoms with Gasteiger partial charge in [-0.15, -0.1) is 0 Å². The highest BCUT2D eigenvalue weighted by atomic mass is 16.6. The molecule has 4 aromatic rings. The number of nitrogens with zero attached hydrogens (tertiary/aromatic N) is 5. The van der Waals surface area contributed by atoms with Crippen molar-refractivity contribution < 1.29 is 28.6 Å². The van der Waals surface area contributed by atoms with Gasteiger partial charge in [-0.05, 0) is 73.4 Å². The molecule has 1 saturated heterocycles. The summed E-state index contributed by atoms with van der Waals surface area (Å²) in [5.74, 6) is 3.07. The summed E-state index contributed by atoms with van der Waals surface area (Å²) in [7, 11) is 1.26. The fourth-order valence-electron chi connectivity index (χ4n) is 7.08. The molecule has 1 fully saturated rings. The molecule has 0 bridgehead atoms. The Morgan fingerprint density at radius 1 is 0.964 bits per heavy atom. The molecule has 0 spiro atoms. The first-order valence-corrected chi connectivity index (χ1v) is 19.0. The lowest BCUT2D eigenvalue weighted by molar-refractivity contribution is -0.138. The summed E-state index contributed by atoms with van der Waals surface area (Å²) in [6.07, 6.45) is 7.25. The fraction of sp³-hybridized carbons (Fsp3) is 0.476. The summed E-state index contributed by atoms with van der Waals surface area (Å²) in [4.78, 5) is 62.8. The molecular weight excluding hydrogens is 699 g/mol. The first-order valence-electron chi connectivity index (χ1n) is 19.0. The Morgan fingerprint density at radius 2 is 1.58 bits per heavy atom. The zero-order valence-corrected chi connectivity index (χ0v) is 33.4. The molecule has 0 radical (unpaired) electrons. The van der Waals surface area contributed by atoms with Crippen LogP contribution < -0.4 is 9.47 Å². The lowest BCUT2D eigenvalue weighted by Crippen LogP contribution is -2.44. The maximum Gasteiger partial charge on any atom is 0.432 e. The first kappa shape index (κ1) is 39.2. The van der Waals surface area contributed by atoms with E-state index >= 15 is 0 Å². The summed E-state index contributed by atoms with van der Waals surface area (Å²) in [5.41, 5.74) is 2.72. The van der Waals surface area contributed by atoms with Gasteiger partial charge in [-0.1, -0.05) is 48.5 Å². The van der Waals surface area contributed by atoms with E-state index in [1.54, 1.807) is 11.1 Å². The van der Waals surface area contributed by atoms with E-state index in [4.69, 9.17) is 14.5 Å². The lowest BCUT2D eigenvalue weighted by Gasteiger charge is -2.35. The molecule has 55 heavy (non-hydrogen) atoms. The number of carbonyl (C=O) groups is 3. The summed E-state index contributed by atoms with van der Waals surface area (Å²) in [5, 5.41) is 0. The minimum atomic E-state index is -0.750. The van der Waals surface area contributed by atoms with Crippen LogP contribution in [0.25, 0.3) is 22.5 Å². The van der Waals surface area contributed by atoms with Crippen molar-refractivity contribution in [2.45, 2.75) is 93.2 Å². The average molecular weight is 752 g/mol. The second kappa shape index (κ2) is 15.7. The van der Waals surface area contributed by atoms with Crippen molar-refractivity contribution in [3.63, 3.8) is 0 Å². The van der Waals surface area contributed by atoms with E-state index in [1.807, 2.05) is 82.1 Å². The summed E-state index contributed by atoms with van der Waals surface area (Å²) >= 11 is 0. The molecule has 1 unspecified atom stereocenters. The Morgan fingerprint density at radius 3 is 2.18 bits per heavy atom. The third-order valence-electron chi connectivity index (χ3n) is 10.0. The van der Waals surface area contributed by atoms with Gasteiger partial charge < -0.3 is 34.0 Å². The van der Waals surface area contributed by atoms with Crippen LogP contribution >= 0.6 is 0 Å². The molecule has 6 rings (SSSR count). The fourth-order valence-corrected chi connectivity index (χ4v) is 7.08. The van der Waals surface area contributed by atoms with E-state index in [-0.39, 0.29) is 29.3 Å². The monoisotopic (exact) mass is 751 g/mol. The molecule has 0 saturated carbocycles. The van der Waals surface area contributed by atoms with Crippen molar-refractivity contribution in [1.82, 2.24) is 29.7 Å². The van der Waals surface area contributed by atoms with Gasteiger partial charge in [0.25, 0.3) is 0 Å². The molecule has 3 amide bonds. The Kier molecular flexibility index (Phi) is 11.2. The maximum atomic E-state index is 14.0. The maximum absolute atomic E-state index is 14.0. The van der Waals surface area contributed by atoms with Crippen molar-refractivity contribution in [1.29, 1.82) is 0 Å². The van der Waals surface area contributed by atoms with Gasteiger partial charge in [0.05, 0.1) is 48.9 Å². The minimum Gasteiger partial charge on any atom is -0.451 e. The van der Waals surface area contributed by atoms with Gasteiger partial charge in [0.2, 0.25) is 11.8 Å². The Balaban J connectivity index is 1.18. The van der Waals surface area contributed by atoms with Crippen LogP contribution in [0.2, 0.25) is 0 Å². The number of ether oxygens (including phenoxy) is 3. The zero-order chi connectivity index (χ0) is 39.7. The van der Waals surface area contributed by atoms with Crippen LogP contribution in [-0.2, 0) is 14.3 Å². The second-order valence-corrected chi connectivity index (χ2v) is 16.7. The van der Waals surface area contributed by atoms with Gasteiger partial charge in [0, 0.05) is 36.9 Å². The number of carbonyl (C=O) groups excluding carboxylic acids is 3. The number of hydrogen-bond donors (Lipinski definition) is 2. The summed E-state index contributed by atoms with van der Waals surface area (Å²) in [6.45, 7) is 17.3. The minimum absolute atomic E-state index is 0.0693. The molecular formula is C42H53N7O6. The highest BCUT2D eigenvalue weighted by Gasteiger charge is 2.37. The summed E-state index contributed by atoms with van der Waals surface area (Å²) in [6, 6.07) is 11.0.